The lowest BCUT2D eigenvalue weighted by molar-refractivity contribution is 0.489. The van der Waals surface area contributed by atoms with Crippen molar-refractivity contribution in [2.45, 2.75) is 13.0 Å². The van der Waals surface area contributed by atoms with Crippen molar-refractivity contribution in [2.24, 2.45) is 0 Å². The molecule has 0 saturated carbocycles. The summed E-state index contributed by atoms with van der Waals surface area (Å²) < 4.78 is 39.7. The molecule has 0 amide bonds. The molecule has 2 nitrogen and oxygen atoms in total. The predicted octanol–water partition coefficient (Wildman–Crippen LogP) is 4.09. The van der Waals surface area contributed by atoms with Crippen LogP contribution in [0.15, 0.2) is 36.4 Å². The molecule has 2 rings (SSSR count). The molecule has 102 valence electrons. The van der Waals surface area contributed by atoms with Gasteiger partial charge in [0.25, 0.3) is 0 Å². The third-order valence-electron chi connectivity index (χ3n) is 2.81. The number of halogens is 3. The van der Waals surface area contributed by atoms with Crippen LogP contribution < -0.4 is 5.32 Å². The summed E-state index contributed by atoms with van der Waals surface area (Å²) >= 11 is 0. The Morgan fingerprint density at radius 1 is 1.05 bits per heavy atom. The number of benzene rings is 2. The Kier molecular flexibility index (Phi) is 3.94. The van der Waals surface area contributed by atoms with Crippen LogP contribution in [0.3, 0.4) is 0 Å². The molecule has 0 aliphatic carbocycles. The van der Waals surface area contributed by atoms with E-state index in [9.17, 15) is 13.2 Å². The number of anilines is 1. The summed E-state index contributed by atoms with van der Waals surface area (Å²) in [4.78, 5) is 0. The Hall–Kier alpha value is -2.48. The van der Waals surface area contributed by atoms with Gasteiger partial charge in [-0.15, -0.1) is 0 Å². The maximum Gasteiger partial charge on any atom is 0.161 e. The van der Waals surface area contributed by atoms with E-state index in [0.29, 0.717) is 17.8 Å². The number of nitriles is 1. The molecule has 0 bridgehead atoms. The number of nitrogens with one attached hydrogen (secondary N) is 1. The molecule has 20 heavy (non-hydrogen) atoms. The molecule has 0 radical (unpaired) electrons. The lowest BCUT2D eigenvalue weighted by Gasteiger charge is -2.14. The van der Waals surface area contributed by atoms with Gasteiger partial charge in [0.1, 0.15) is 11.9 Å². The average Bonchev–Trinajstić information content (AvgIpc) is 2.40. The first-order valence-electron chi connectivity index (χ1n) is 5.88. The summed E-state index contributed by atoms with van der Waals surface area (Å²) in [5, 5.41) is 11.9. The van der Waals surface area contributed by atoms with Crippen LogP contribution in [0.1, 0.15) is 17.2 Å². The summed E-state index contributed by atoms with van der Waals surface area (Å²) in [5.41, 5.74) is 1.33. The van der Waals surface area contributed by atoms with Crippen molar-refractivity contribution in [3.05, 3.63) is 65.0 Å². The van der Waals surface area contributed by atoms with Gasteiger partial charge < -0.3 is 5.32 Å². The van der Waals surface area contributed by atoms with Gasteiger partial charge in [0, 0.05) is 17.3 Å². The minimum absolute atomic E-state index is 0.229. The van der Waals surface area contributed by atoms with Crippen LogP contribution in [0.25, 0.3) is 0 Å². The molecule has 0 aliphatic rings. The average molecular weight is 276 g/mol. The fraction of sp³-hybridized carbons (Fsp3) is 0.133. The standard InChI is InChI=1S/C15H11F3N2/c1-9-3-2-4-10(5-9)20-15(8-19)11-6-13(17)14(18)7-12(11)16/h2-7,15,20H,1H3. The van der Waals surface area contributed by atoms with Crippen molar-refractivity contribution in [1.82, 2.24) is 0 Å². The predicted molar refractivity (Wildman–Crippen MR) is 69.5 cm³/mol. The van der Waals surface area contributed by atoms with Crippen LogP contribution in [-0.4, -0.2) is 0 Å². The van der Waals surface area contributed by atoms with E-state index in [-0.39, 0.29) is 5.56 Å². The highest BCUT2D eigenvalue weighted by molar-refractivity contribution is 5.49. The fourth-order valence-electron chi connectivity index (χ4n) is 1.84. The van der Waals surface area contributed by atoms with E-state index >= 15 is 0 Å². The van der Waals surface area contributed by atoms with Gasteiger partial charge in [0.05, 0.1) is 6.07 Å². The smallest absolute Gasteiger partial charge is 0.161 e. The molecule has 5 heteroatoms. The van der Waals surface area contributed by atoms with E-state index in [1.54, 1.807) is 18.2 Å². The van der Waals surface area contributed by atoms with Crippen LogP contribution in [0, 0.1) is 35.7 Å². The van der Waals surface area contributed by atoms with Crippen LogP contribution in [0.5, 0.6) is 0 Å². The van der Waals surface area contributed by atoms with Gasteiger partial charge in [0.15, 0.2) is 11.6 Å². The Morgan fingerprint density at radius 2 is 1.75 bits per heavy atom. The first-order chi connectivity index (χ1) is 9.51. The molecule has 1 N–H and O–H groups in total. The highest BCUT2D eigenvalue weighted by Gasteiger charge is 2.18. The number of hydrogen-bond acceptors (Lipinski definition) is 2. The first-order valence-corrected chi connectivity index (χ1v) is 5.88. The molecular weight excluding hydrogens is 265 g/mol. The topological polar surface area (TPSA) is 35.8 Å². The summed E-state index contributed by atoms with van der Waals surface area (Å²) in [6.45, 7) is 1.87. The quantitative estimate of drug-likeness (QED) is 0.857. The molecule has 0 heterocycles. The van der Waals surface area contributed by atoms with E-state index in [4.69, 9.17) is 5.26 Å². The van der Waals surface area contributed by atoms with Gasteiger partial charge in [-0.3, -0.25) is 0 Å². The summed E-state index contributed by atoms with van der Waals surface area (Å²) in [6.07, 6.45) is 0. The SMILES string of the molecule is Cc1cccc(NC(C#N)c2cc(F)c(F)cc2F)c1. The third-order valence-corrected chi connectivity index (χ3v) is 2.81. The van der Waals surface area contributed by atoms with Crippen LogP contribution in [-0.2, 0) is 0 Å². The Labute approximate surface area is 114 Å². The van der Waals surface area contributed by atoms with E-state index in [0.717, 1.165) is 5.56 Å². The maximum absolute atomic E-state index is 13.7. The van der Waals surface area contributed by atoms with Gasteiger partial charge in [-0.2, -0.15) is 5.26 Å². The molecular formula is C15H11F3N2. The zero-order valence-electron chi connectivity index (χ0n) is 10.6. The van der Waals surface area contributed by atoms with Crippen molar-refractivity contribution < 1.29 is 13.2 Å². The van der Waals surface area contributed by atoms with Crippen molar-refractivity contribution in [2.75, 3.05) is 5.32 Å². The van der Waals surface area contributed by atoms with Crippen LogP contribution in [0.2, 0.25) is 0 Å². The number of hydrogen-bond donors (Lipinski definition) is 1. The fourth-order valence-corrected chi connectivity index (χ4v) is 1.84. The monoisotopic (exact) mass is 276 g/mol. The molecule has 0 aromatic heterocycles. The molecule has 0 aliphatic heterocycles. The van der Waals surface area contributed by atoms with E-state index in [1.807, 2.05) is 19.1 Å². The van der Waals surface area contributed by atoms with Crippen LogP contribution in [0.4, 0.5) is 18.9 Å². The lowest BCUT2D eigenvalue weighted by Crippen LogP contribution is -2.11. The molecule has 1 atom stereocenters. The van der Waals surface area contributed by atoms with E-state index in [2.05, 4.69) is 5.32 Å². The van der Waals surface area contributed by atoms with Crippen molar-refractivity contribution in [1.29, 1.82) is 5.26 Å². The minimum Gasteiger partial charge on any atom is -0.366 e. The highest BCUT2D eigenvalue weighted by Crippen LogP contribution is 2.24. The van der Waals surface area contributed by atoms with Crippen molar-refractivity contribution in [3.8, 4) is 6.07 Å². The zero-order valence-corrected chi connectivity index (χ0v) is 10.6. The number of nitrogens with zero attached hydrogens (tertiary/aromatic N) is 1. The molecule has 0 fully saturated rings. The normalized spacial score (nSPS) is 11.8. The summed E-state index contributed by atoms with van der Waals surface area (Å²) in [5.74, 6) is -3.43. The Bertz CT molecular complexity index is 677. The largest absolute Gasteiger partial charge is 0.366 e. The van der Waals surface area contributed by atoms with Crippen molar-refractivity contribution in [3.63, 3.8) is 0 Å². The van der Waals surface area contributed by atoms with E-state index in [1.165, 1.54) is 0 Å². The molecule has 2 aromatic carbocycles. The molecule has 1 unspecified atom stereocenters. The molecule has 0 saturated heterocycles. The number of aryl methyl sites for hydroxylation is 1. The molecule has 2 aromatic rings. The zero-order chi connectivity index (χ0) is 14.7. The van der Waals surface area contributed by atoms with Gasteiger partial charge in [0.2, 0.25) is 0 Å². The lowest BCUT2D eigenvalue weighted by atomic mass is 10.1. The van der Waals surface area contributed by atoms with Gasteiger partial charge >= 0.3 is 0 Å². The van der Waals surface area contributed by atoms with Crippen LogP contribution >= 0.6 is 0 Å². The first kappa shape index (κ1) is 13.9. The summed E-state index contributed by atoms with van der Waals surface area (Å²) in [6, 6.07) is 8.97. The Morgan fingerprint density at radius 3 is 2.40 bits per heavy atom. The minimum atomic E-state index is -1.28. The second-order valence-corrected chi connectivity index (χ2v) is 4.36. The second kappa shape index (κ2) is 5.66. The summed E-state index contributed by atoms with van der Waals surface area (Å²) in [7, 11) is 0. The maximum atomic E-state index is 13.7. The van der Waals surface area contributed by atoms with Crippen molar-refractivity contribution >= 4 is 5.69 Å². The van der Waals surface area contributed by atoms with Gasteiger partial charge in [-0.25, -0.2) is 13.2 Å². The van der Waals surface area contributed by atoms with E-state index < -0.39 is 23.5 Å². The highest BCUT2D eigenvalue weighted by atomic mass is 19.2. The third kappa shape index (κ3) is 2.91. The number of rotatable bonds is 3. The molecule has 0 spiro atoms. The van der Waals surface area contributed by atoms with Gasteiger partial charge in [-0.05, 0) is 30.7 Å². The second-order valence-electron chi connectivity index (χ2n) is 4.36. The Balaban J connectivity index is 2.34. The van der Waals surface area contributed by atoms with Gasteiger partial charge in [-0.1, -0.05) is 12.1 Å².